The second-order valence-corrected chi connectivity index (χ2v) is 8.02. The van der Waals surface area contributed by atoms with Gasteiger partial charge in [-0.1, -0.05) is 23.8 Å². The van der Waals surface area contributed by atoms with Crippen molar-refractivity contribution in [1.29, 1.82) is 0 Å². The first kappa shape index (κ1) is 23.4. The van der Waals surface area contributed by atoms with Crippen LogP contribution in [0.2, 0.25) is 0 Å². The van der Waals surface area contributed by atoms with Gasteiger partial charge in [0.05, 0.1) is 16.9 Å². The lowest BCUT2D eigenvalue weighted by Gasteiger charge is -2.10. The third kappa shape index (κ3) is 7.16. The van der Waals surface area contributed by atoms with Crippen LogP contribution in [-0.4, -0.2) is 33.4 Å². The highest BCUT2D eigenvalue weighted by Crippen LogP contribution is 2.30. The van der Waals surface area contributed by atoms with E-state index in [4.69, 9.17) is 4.74 Å². The number of rotatable bonds is 8. The number of ether oxygens (including phenoxy) is 1. The molecular formula is C19H19F3N2O5S. The molecule has 0 saturated heterocycles. The number of hydrogen-bond donors (Lipinski definition) is 2. The maximum absolute atomic E-state index is 12.7. The molecule has 0 bridgehead atoms. The van der Waals surface area contributed by atoms with Gasteiger partial charge in [-0.3, -0.25) is 9.59 Å². The molecule has 7 nitrogen and oxygen atoms in total. The lowest BCUT2D eigenvalue weighted by atomic mass is 10.2. The third-order valence-corrected chi connectivity index (χ3v) is 5.27. The number of aryl methyl sites for hydroxylation is 1. The van der Waals surface area contributed by atoms with Gasteiger partial charge in [-0.2, -0.15) is 13.2 Å². The van der Waals surface area contributed by atoms with Crippen LogP contribution in [0, 0.1) is 6.92 Å². The van der Waals surface area contributed by atoms with Crippen LogP contribution in [0.3, 0.4) is 0 Å². The number of benzene rings is 2. The van der Waals surface area contributed by atoms with Crippen molar-refractivity contribution in [3.05, 3.63) is 59.7 Å². The number of sulfonamides is 1. The molecule has 2 aromatic carbocycles. The molecule has 2 aromatic rings. The number of carbonyl (C=O) groups is 2. The molecule has 0 atom stereocenters. The van der Waals surface area contributed by atoms with Crippen molar-refractivity contribution in [2.45, 2.75) is 24.4 Å². The molecule has 0 radical (unpaired) electrons. The quantitative estimate of drug-likeness (QED) is 0.610. The van der Waals surface area contributed by atoms with E-state index >= 15 is 0 Å². The van der Waals surface area contributed by atoms with Crippen LogP contribution in [0.25, 0.3) is 0 Å². The normalized spacial score (nSPS) is 11.7. The Hall–Kier alpha value is -2.92. The van der Waals surface area contributed by atoms with E-state index in [9.17, 15) is 31.2 Å². The Morgan fingerprint density at radius 2 is 1.73 bits per heavy atom. The number of anilines is 1. The highest BCUT2D eigenvalue weighted by atomic mass is 32.2. The predicted octanol–water partition coefficient (Wildman–Crippen LogP) is 2.86. The van der Waals surface area contributed by atoms with E-state index in [0.29, 0.717) is 0 Å². The van der Waals surface area contributed by atoms with Crippen molar-refractivity contribution < 1.29 is 35.9 Å². The fraction of sp³-hybridized carbons (Fsp3) is 0.263. The van der Waals surface area contributed by atoms with E-state index in [-0.39, 0.29) is 23.5 Å². The Bertz CT molecular complexity index is 1010. The number of esters is 1. The van der Waals surface area contributed by atoms with Crippen LogP contribution in [0.4, 0.5) is 18.9 Å². The summed E-state index contributed by atoms with van der Waals surface area (Å²) in [7, 11) is -3.79. The molecule has 0 unspecified atom stereocenters. The summed E-state index contributed by atoms with van der Waals surface area (Å²) in [5, 5.41) is 2.19. The van der Waals surface area contributed by atoms with Gasteiger partial charge in [0, 0.05) is 12.2 Å². The van der Waals surface area contributed by atoms with Gasteiger partial charge in [-0.25, -0.2) is 13.1 Å². The molecule has 0 spiro atoms. The number of carbonyl (C=O) groups excluding carboxylic acids is 2. The second-order valence-electron chi connectivity index (χ2n) is 6.25. The molecule has 11 heteroatoms. The average Bonchev–Trinajstić information content (AvgIpc) is 2.66. The molecule has 2 rings (SSSR count). The van der Waals surface area contributed by atoms with E-state index in [0.717, 1.165) is 23.8 Å². The minimum Gasteiger partial charge on any atom is -0.456 e. The zero-order valence-corrected chi connectivity index (χ0v) is 16.6. The van der Waals surface area contributed by atoms with Crippen LogP contribution in [0.15, 0.2) is 53.4 Å². The number of hydrogen-bond acceptors (Lipinski definition) is 5. The lowest BCUT2D eigenvalue weighted by molar-refractivity contribution is -0.147. The summed E-state index contributed by atoms with van der Waals surface area (Å²) >= 11 is 0. The summed E-state index contributed by atoms with van der Waals surface area (Å²) in [5.41, 5.74) is -0.143. The van der Waals surface area contributed by atoms with Crippen molar-refractivity contribution in [2.75, 3.05) is 18.5 Å². The first-order chi connectivity index (χ1) is 14.0. The number of nitrogens with one attached hydrogen (secondary N) is 2. The Kier molecular flexibility index (Phi) is 7.57. The summed E-state index contributed by atoms with van der Waals surface area (Å²) < 4.78 is 69.1. The van der Waals surface area contributed by atoms with Crippen molar-refractivity contribution in [2.24, 2.45) is 0 Å². The topological polar surface area (TPSA) is 102 Å². The molecule has 162 valence electrons. The summed E-state index contributed by atoms with van der Waals surface area (Å²) in [6.45, 7) is 0.840. The van der Waals surface area contributed by atoms with Crippen LogP contribution in [0.5, 0.6) is 0 Å². The zero-order valence-electron chi connectivity index (χ0n) is 15.8. The highest BCUT2D eigenvalue weighted by Gasteiger charge is 2.30. The minimum absolute atomic E-state index is 0.0435. The Balaban J connectivity index is 1.77. The first-order valence-corrected chi connectivity index (χ1v) is 10.1. The molecular weight excluding hydrogens is 425 g/mol. The minimum atomic E-state index is -4.56. The van der Waals surface area contributed by atoms with Crippen LogP contribution in [0.1, 0.15) is 17.5 Å². The van der Waals surface area contributed by atoms with Crippen LogP contribution < -0.4 is 10.0 Å². The summed E-state index contributed by atoms with van der Waals surface area (Å²) in [6, 6.07) is 10.1. The SMILES string of the molecule is Cc1ccc(S(=O)(=O)NCCC(=O)OCC(=O)Nc2cccc(C(F)(F)F)c2)cc1. The molecule has 30 heavy (non-hydrogen) atoms. The van der Waals surface area contributed by atoms with Crippen molar-refractivity contribution in [3.8, 4) is 0 Å². The van der Waals surface area contributed by atoms with E-state index in [1.165, 1.54) is 18.2 Å². The van der Waals surface area contributed by atoms with Gasteiger partial charge >= 0.3 is 12.1 Å². The Morgan fingerprint density at radius 1 is 1.07 bits per heavy atom. The van der Waals surface area contributed by atoms with Crippen molar-refractivity contribution >= 4 is 27.6 Å². The molecule has 0 aromatic heterocycles. The molecule has 2 N–H and O–H groups in total. The predicted molar refractivity (Wildman–Crippen MR) is 102 cm³/mol. The monoisotopic (exact) mass is 444 g/mol. The standard InChI is InChI=1S/C19H19F3N2O5S/c1-13-5-7-16(8-6-13)30(27,28)23-10-9-18(26)29-12-17(25)24-15-4-2-3-14(11-15)19(20,21)22/h2-8,11,23H,9-10,12H2,1H3,(H,24,25). The number of halogens is 3. The molecule has 0 heterocycles. The van der Waals surface area contributed by atoms with Gasteiger partial charge in [0.2, 0.25) is 10.0 Å². The maximum atomic E-state index is 12.7. The lowest BCUT2D eigenvalue weighted by Crippen LogP contribution is -2.28. The van der Waals surface area contributed by atoms with Gasteiger partial charge in [0.15, 0.2) is 6.61 Å². The van der Waals surface area contributed by atoms with Crippen LogP contribution in [-0.2, 0) is 30.5 Å². The zero-order chi connectivity index (χ0) is 22.4. The molecule has 1 amide bonds. The van der Waals surface area contributed by atoms with E-state index in [1.54, 1.807) is 12.1 Å². The summed E-state index contributed by atoms with van der Waals surface area (Å²) in [5.74, 6) is -1.68. The van der Waals surface area contributed by atoms with Crippen molar-refractivity contribution in [3.63, 3.8) is 0 Å². The van der Waals surface area contributed by atoms with Gasteiger partial charge in [-0.05, 0) is 37.3 Å². The third-order valence-electron chi connectivity index (χ3n) is 3.79. The van der Waals surface area contributed by atoms with Gasteiger partial charge < -0.3 is 10.1 Å². The fourth-order valence-electron chi connectivity index (χ4n) is 2.28. The maximum Gasteiger partial charge on any atom is 0.416 e. The Morgan fingerprint density at radius 3 is 2.37 bits per heavy atom. The van der Waals surface area contributed by atoms with Crippen molar-refractivity contribution in [1.82, 2.24) is 4.72 Å². The first-order valence-electron chi connectivity index (χ1n) is 8.66. The smallest absolute Gasteiger partial charge is 0.416 e. The molecule has 0 aliphatic rings. The second kappa shape index (κ2) is 9.72. The summed E-state index contributed by atoms with van der Waals surface area (Å²) in [6.07, 6.45) is -4.89. The molecule has 0 fully saturated rings. The van der Waals surface area contributed by atoms with Gasteiger partial charge in [0.25, 0.3) is 5.91 Å². The number of alkyl halides is 3. The average molecular weight is 444 g/mol. The van der Waals surface area contributed by atoms with Gasteiger partial charge in [-0.15, -0.1) is 0 Å². The fourth-order valence-corrected chi connectivity index (χ4v) is 3.31. The highest BCUT2D eigenvalue weighted by molar-refractivity contribution is 7.89. The largest absolute Gasteiger partial charge is 0.456 e. The van der Waals surface area contributed by atoms with E-state index < -0.39 is 40.2 Å². The Labute approximate surface area is 171 Å². The van der Waals surface area contributed by atoms with Gasteiger partial charge in [0.1, 0.15) is 0 Å². The van der Waals surface area contributed by atoms with E-state index in [2.05, 4.69) is 10.0 Å². The molecule has 0 aliphatic carbocycles. The van der Waals surface area contributed by atoms with Crippen LogP contribution >= 0.6 is 0 Å². The summed E-state index contributed by atoms with van der Waals surface area (Å²) in [4.78, 5) is 23.5. The van der Waals surface area contributed by atoms with E-state index in [1.807, 2.05) is 6.92 Å². The molecule has 0 saturated carbocycles. The number of amides is 1. The molecule has 0 aliphatic heterocycles.